The van der Waals surface area contributed by atoms with Crippen molar-refractivity contribution < 1.29 is 9.53 Å². The Morgan fingerprint density at radius 1 is 1.56 bits per heavy atom. The fourth-order valence-corrected chi connectivity index (χ4v) is 2.03. The monoisotopic (exact) mass is 252 g/mol. The molecule has 1 aliphatic heterocycles. The summed E-state index contributed by atoms with van der Waals surface area (Å²) in [5.41, 5.74) is 0. The van der Waals surface area contributed by atoms with Gasteiger partial charge in [0, 0.05) is 0 Å². The van der Waals surface area contributed by atoms with Crippen molar-refractivity contribution in [3.05, 3.63) is 0 Å². The SMILES string of the molecule is C#CC(CCC)NC(=O)CCOC1CCNCC1. The molecule has 0 aromatic carbocycles. The average Bonchev–Trinajstić information content (AvgIpc) is 2.39. The van der Waals surface area contributed by atoms with E-state index >= 15 is 0 Å². The first-order valence-electron chi connectivity index (χ1n) is 6.84. The number of carbonyl (C=O) groups excluding carboxylic acids is 1. The number of terminal acetylenes is 1. The second kappa shape index (κ2) is 8.96. The molecule has 0 radical (unpaired) electrons. The van der Waals surface area contributed by atoms with Gasteiger partial charge in [-0.1, -0.05) is 19.3 Å². The third-order valence-corrected chi connectivity index (χ3v) is 3.08. The predicted molar refractivity (Wildman–Crippen MR) is 72.1 cm³/mol. The van der Waals surface area contributed by atoms with E-state index in [0.29, 0.717) is 19.1 Å². The van der Waals surface area contributed by atoms with Crippen LogP contribution in [0.1, 0.15) is 39.0 Å². The lowest BCUT2D eigenvalue weighted by molar-refractivity contribution is -0.123. The molecule has 1 saturated heterocycles. The first-order chi connectivity index (χ1) is 8.76. The standard InChI is InChI=1S/C14H24N2O2/c1-3-5-12(4-2)16-14(17)8-11-18-13-6-9-15-10-7-13/h2,12-13,15H,3,5-11H2,1H3,(H,16,17). The number of amides is 1. The number of hydrogen-bond donors (Lipinski definition) is 2. The van der Waals surface area contributed by atoms with Crippen LogP contribution in [0.15, 0.2) is 0 Å². The summed E-state index contributed by atoms with van der Waals surface area (Å²) in [5, 5.41) is 6.12. The summed E-state index contributed by atoms with van der Waals surface area (Å²) in [6.07, 6.45) is 9.92. The molecule has 2 N–H and O–H groups in total. The van der Waals surface area contributed by atoms with Crippen molar-refractivity contribution in [1.82, 2.24) is 10.6 Å². The van der Waals surface area contributed by atoms with Crippen LogP contribution >= 0.6 is 0 Å². The topological polar surface area (TPSA) is 50.4 Å². The van der Waals surface area contributed by atoms with Crippen molar-refractivity contribution in [2.24, 2.45) is 0 Å². The van der Waals surface area contributed by atoms with Crippen LogP contribution in [0.5, 0.6) is 0 Å². The number of hydrogen-bond acceptors (Lipinski definition) is 3. The Morgan fingerprint density at radius 2 is 2.28 bits per heavy atom. The highest BCUT2D eigenvalue weighted by atomic mass is 16.5. The number of ether oxygens (including phenoxy) is 1. The molecule has 0 bridgehead atoms. The lowest BCUT2D eigenvalue weighted by atomic mass is 10.1. The van der Waals surface area contributed by atoms with Gasteiger partial charge in [0.05, 0.1) is 25.2 Å². The normalized spacial score (nSPS) is 18.0. The van der Waals surface area contributed by atoms with Gasteiger partial charge in [0.2, 0.25) is 5.91 Å². The third kappa shape index (κ3) is 6.04. The highest BCUT2D eigenvalue weighted by molar-refractivity contribution is 5.76. The minimum absolute atomic E-state index is 0.0136. The van der Waals surface area contributed by atoms with Crippen LogP contribution in [0, 0.1) is 12.3 Å². The van der Waals surface area contributed by atoms with E-state index in [4.69, 9.17) is 11.2 Å². The molecule has 1 atom stereocenters. The van der Waals surface area contributed by atoms with Gasteiger partial charge in [0.1, 0.15) is 0 Å². The minimum atomic E-state index is -0.138. The summed E-state index contributed by atoms with van der Waals surface area (Å²) < 4.78 is 5.68. The number of carbonyl (C=O) groups is 1. The Kier molecular flexibility index (Phi) is 7.47. The van der Waals surface area contributed by atoms with E-state index in [0.717, 1.165) is 38.8 Å². The van der Waals surface area contributed by atoms with Gasteiger partial charge in [-0.3, -0.25) is 4.79 Å². The third-order valence-electron chi connectivity index (χ3n) is 3.08. The van der Waals surface area contributed by atoms with E-state index in [-0.39, 0.29) is 11.9 Å². The molecule has 0 saturated carbocycles. The second-order valence-corrected chi connectivity index (χ2v) is 4.65. The summed E-state index contributed by atoms with van der Waals surface area (Å²) in [6.45, 7) is 4.55. The molecule has 1 fully saturated rings. The molecule has 1 amide bonds. The molecular formula is C14H24N2O2. The molecular weight excluding hydrogens is 228 g/mol. The fourth-order valence-electron chi connectivity index (χ4n) is 2.03. The molecule has 18 heavy (non-hydrogen) atoms. The Hall–Kier alpha value is -1.05. The Morgan fingerprint density at radius 3 is 2.89 bits per heavy atom. The van der Waals surface area contributed by atoms with Gasteiger partial charge in [-0.05, 0) is 32.4 Å². The number of nitrogens with one attached hydrogen (secondary N) is 2. The van der Waals surface area contributed by atoms with Crippen LogP contribution in [-0.4, -0.2) is 37.7 Å². The van der Waals surface area contributed by atoms with Gasteiger partial charge in [-0.15, -0.1) is 6.42 Å². The largest absolute Gasteiger partial charge is 0.378 e. The van der Waals surface area contributed by atoms with E-state index in [1.807, 2.05) is 0 Å². The smallest absolute Gasteiger partial charge is 0.223 e. The van der Waals surface area contributed by atoms with Crippen LogP contribution in [0.25, 0.3) is 0 Å². The zero-order valence-electron chi connectivity index (χ0n) is 11.2. The van der Waals surface area contributed by atoms with Gasteiger partial charge in [-0.25, -0.2) is 0 Å². The number of piperidine rings is 1. The maximum Gasteiger partial charge on any atom is 0.223 e. The van der Waals surface area contributed by atoms with Crippen molar-refractivity contribution in [2.75, 3.05) is 19.7 Å². The minimum Gasteiger partial charge on any atom is -0.378 e. The van der Waals surface area contributed by atoms with Crippen LogP contribution < -0.4 is 10.6 Å². The van der Waals surface area contributed by atoms with Crippen molar-refractivity contribution >= 4 is 5.91 Å². The molecule has 1 heterocycles. The molecule has 0 aromatic heterocycles. The van der Waals surface area contributed by atoms with Gasteiger partial charge in [0.25, 0.3) is 0 Å². The van der Waals surface area contributed by atoms with Gasteiger partial charge >= 0.3 is 0 Å². The summed E-state index contributed by atoms with van der Waals surface area (Å²) in [4.78, 5) is 11.6. The zero-order valence-corrected chi connectivity index (χ0v) is 11.2. The van der Waals surface area contributed by atoms with E-state index < -0.39 is 0 Å². The van der Waals surface area contributed by atoms with E-state index in [2.05, 4.69) is 23.5 Å². The molecule has 4 heteroatoms. The Labute approximate surface area is 110 Å². The quantitative estimate of drug-likeness (QED) is 0.666. The summed E-state index contributed by atoms with van der Waals surface area (Å²) >= 11 is 0. The Bertz CT molecular complexity index is 280. The predicted octanol–water partition coefficient (Wildman–Crippen LogP) is 1.06. The molecule has 1 rings (SSSR count). The van der Waals surface area contributed by atoms with Crippen LogP contribution in [-0.2, 0) is 9.53 Å². The maximum absolute atomic E-state index is 11.6. The highest BCUT2D eigenvalue weighted by Crippen LogP contribution is 2.07. The van der Waals surface area contributed by atoms with Crippen molar-refractivity contribution in [3.63, 3.8) is 0 Å². The van der Waals surface area contributed by atoms with Crippen molar-refractivity contribution in [1.29, 1.82) is 0 Å². The molecule has 0 aromatic rings. The second-order valence-electron chi connectivity index (χ2n) is 4.65. The first kappa shape index (κ1) is 15.0. The average molecular weight is 252 g/mol. The molecule has 1 unspecified atom stereocenters. The zero-order chi connectivity index (χ0) is 13.2. The van der Waals surface area contributed by atoms with E-state index in [1.54, 1.807) is 0 Å². The van der Waals surface area contributed by atoms with Gasteiger partial charge < -0.3 is 15.4 Å². The molecule has 102 valence electrons. The lowest BCUT2D eigenvalue weighted by Crippen LogP contribution is -2.35. The van der Waals surface area contributed by atoms with Crippen molar-refractivity contribution in [2.45, 2.75) is 51.2 Å². The highest BCUT2D eigenvalue weighted by Gasteiger charge is 2.14. The molecule has 0 spiro atoms. The van der Waals surface area contributed by atoms with E-state index in [1.165, 1.54) is 0 Å². The summed E-state index contributed by atoms with van der Waals surface area (Å²) in [7, 11) is 0. The summed E-state index contributed by atoms with van der Waals surface area (Å²) in [5.74, 6) is 2.58. The maximum atomic E-state index is 11.6. The molecule has 1 aliphatic rings. The van der Waals surface area contributed by atoms with Gasteiger partial charge in [-0.2, -0.15) is 0 Å². The molecule has 4 nitrogen and oxygen atoms in total. The van der Waals surface area contributed by atoms with Gasteiger partial charge in [0.15, 0.2) is 0 Å². The molecule has 0 aliphatic carbocycles. The fraction of sp³-hybridized carbons (Fsp3) is 0.786. The summed E-state index contributed by atoms with van der Waals surface area (Å²) in [6, 6.07) is -0.138. The first-order valence-corrected chi connectivity index (χ1v) is 6.84. The lowest BCUT2D eigenvalue weighted by Gasteiger charge is -2.22. The van der Waals surface area contributed by atoms with Crippen LogP contribution in [0.3, 0.4) is 0 Å². The van der Waals surface area contributed by atoms with Crippen LogP contribution in [0.4, 0.5) is 0 Å². The van der Waals surface area contributed by atoms with E-state index in [9.17, 15) is 4.79 Å². The Balaban J connectivity index is 2.10. The van der Waals surface area contributed by atoms with Crippen molar-refractivity contribution in [3.8, 4) is 12.3 Å². The number of rotatable bonds is 7. The van der Waals surface area contributed by atoms with Crippen LogP contribution in [0.2, 0.25) is 0 Å².